The molecule has 0 aliphatic carbocycles. The van der Waals surface area contributed by atoms with Crippen molar-refractivity contribution in [1.29, 1.82) is 0 Å². The van der Waals surface area contributed by atoms with E-state index in [1.165, 1.54) is 12.8 Å². The number of unbranched alkanes of at least 4 members (excludes halogenated alkanes) is 1. The lowest BCUT2D eigenvalue weighted by molar-refractivity contribution is -0.120. The Kier molecular flexibility index (Phi) is 8.57. The molecule has 84 valence electrons. The molecule has 4 nitrogen and oxygen atoms in total. The van der Waals surface area contributed by atoms with E-state index >= 15 is 0 Å². The van der Waals surface area contributed by atoms with Crippen LogP contribution in [0.25, 0.3) is 0 Å². The van der Waals surface area contributed by atoms with Gasteiger partial charge in [-0.25, -0.2) is 0 Å². The Hall–Kier alpha value is -0.610. The van der Waals surface area contributed by atoms with E-state index in [2.05, 4.69) is 17.1 Å². The molecular weight excluding hydrogens is 178 g/mol. The van der Waals surface area contributed by atoms with Gasteiger partial charge in [-0.05, 0) is 13.0 Å². The molecule has 0 fully saturated rings. The molecule has 0 unspecified atom stereocenters. The van der Waals surface area contributed by atoms with Crippen LogP contribution in [0, 0.1) is 0 Å². The van der Waals surface area contributed by atoms with Crippen molar-refractivity contribution in [3.8, 4) is 0 Å². The third kappa shape index (κ3) is 6.86. The first-order valence-electron chi connectivity index (χ1n) is 5.37. The second-order valence-corrected chi connectivity index (χ2v) is 3.41. The number of hydrogen-bond donors (Lipinski definition) is 2. The van der Waals surface area contributed by atoms with E-state index in [1.807, 2.05) is 0 Å². The Labute approximate surface area is 86.8 Å². The second kappa shape index (κ2) is 8.97. The zero-order chi connectivity index (χ0) is 10.8. The maximum absolute atomic E-state index is 11.0. The lowest BCUT2D eigenvalue weighted by Gasteiger charge is -2.20. The van der Waals surface area contributed by atoms with Crippen LogP contribution in [-0.2, 0) is 4.79 Å². The number of nitrogens with zero attached hydrogens (tertiary/aromatic N) is 1. The molecule has 0 saturated heterocycles. The molecule has 0 spiro atoms. The molecule has 0 rings (SSSR count). The van der Waals surface area contributed by atoms with Crippen LogP contribution in [0.2, 0.25) is 0 Å². The van der Waals surface area contributed by atoms with E-state index < -0.39 is 0 Å². The average molecular weight is 201 g/mol. The molecule has 4 heteroatoms. The SMILES string of the molecule is CCCCN(CCN)CCC(=O)NC. The van der Waals surface area contributed by atoms with Crippen molar-refractivity contribution in [2.24, 2.45) is 5.73 Å². The van der Waals surface area contributed by atoms with Crippen LogP contribution in [-0.4, -0.2) is 44.0 Å². The number of nitrogens with two attached hydrogens (primary N) is 1. The van der Waals surface area contributed by atoms with Gasteiger partial charge in [0.2, 0.25) is 5.91 Å². The Morgan fingerprint density at radius 3 is 2.57 bits per heavy atom. The summed E-state index contributed by atoms with van der Waals surface area (Å²) in [7, 11) is 1.67. The summed E-state index contributed by atoms with van der Waals surface area (Å²) in [4.78, 5) is 13.3. The van der Waals surface area contributed by atoms with Gasteiger partial charge in [0.05, 0.1) is 0 Å². The lowest BCUT2D eigenvalue weighted by Crippen LogP contribution is -2.34. The largest absolute Gasteiger partial charge is 0.359 e. The highest BCUT2D eigenvalue weighted by Gasteiger charge is 2.05. The molecule has 0 aromatic rings. The van der Waals surface area contributed by atoms with E-state index in [4.69, 9.17) is 5.73 Å². The van der Waals surface area contributed by atoms with Gasteiger partial charge in [-0.3, -0.25) is 4.79 Å². The summed E-state index contributed by atoms with van der Waals surface area (Å²) in [5, 5.41) is 2.62. The van der Waals surface area contributed by atoms with Gasteiger partial charge in [0.25, 0.3) is 0 Å². The molecule has 0 aromatic heterocycles. The van der Waals surface area contributed by atoms with E-state index in [-0.39, 0.29) is 5.91 Å². The van der Waals surface area contributed by atoms with Crippen LogP contribution >= 0.6 is 0 Å². The van der Waals surface area contributed by atoms with Gasteiger partial charge < -0.3 is 16.0 Å². The summed E-state index contributed by atoms with van der Waals surface area (Å²) in [5.74, 6) is 0.100. The summed E-state index contributed by atoms with van der Waals surface area (Å²) in [6.45, 7) is 5.58. The van der Waals surface area contributed by atoms with Crippen molar-refractivity contribution in [3.63, 3.8) is 0 Å². The summed E-state index contributed by atoms with van der Waals surface area (Å²) in [5.41, 5.74) is 5.50. The molecule has 0 aliphatic heterocycles. The molecule has 0 aromatic carbocycles. The molecule has 0 saturated carbocycles. The van der Waals surface area contributed by atoms with Gasteiger partial charge in [-0.2, -0.15) is 0 Å². The monoisotopic (exact) mass is 201 g/mol. The molecule has 0 aliphatic rings. The minimum Gasteiger partial charge on any atom is -0.359 e. The van der Waals surface area contributed by atoms with Crippen LogP contribution in [0.5, 0.6) is 0 Å². The first kappa shape index (κ1) is 13.4. The number of carbonyl (C=O) groups excluding carboxylic acids is 1. The number of nitrogens with one attached hydrogen (secondary N) is 1. The predicted octanol–water partition coefficient (Wildman–Crippen LogP) is 0.183. The van der Waals surface area contributed by atoms with Crippen LogP contribution in [0.15, 0.2) is 0 Å². The number of amides is 1. The highest BCUT2D eigenvalue weighted by Crippen LogP contribution is 1.96. The fourth-order valence-corrected chi connectivity index (χ4v) is 1.28. The Bertz CT molecular complexity index is 150. The van der Waals surface area contributed by atoms with Crippen LogP contribution in [0.4, 0.5) is 0 Å². The summed E-state index contributed by atoms with van der Waals surface area (Å²) < 4.78 is 0. The smallest absolute Gasteiger partial charge is 0.221 e. The van der Waals surface area contributed by atoms with Crippen LogP contribution < -0.4 is 11.1 Å². The minimum absolute atomic E-state index is 0.100. The van der Waals surface area contributed by atoms with Gasteiger partial charge in [0, 0.05) is 33.1 Å². The van der Waals surface area contributed by atoms with Gasteiger partial charge in [-0.15, -0.1) is 0 Å². The highest BCUT2D eigenvalue weighted by molar-refractivity contribution is 5.75. The molecule has 3 N–H and O–H groups in total. The second-order valence-electron chi connectivity index (χ2n) is 3.41. The van der Waals surface area contributed by atoms with E-state index in [1.54, 1.807) is 7.05 Å². The Morgan fingerprint density at radius 1 is 1.36 bits per heavy atom. The molecular formula is C10H23N3O. The zero-order valence-electron chi connectivity index (χ0n) is 9.38. The minimum atomic E-state index is 0.100. The maximum atomic E-state index is 11.0. The Balaban J connectivity index is 3.66. The van der Waals surface area contributed by atoms with Gasteiger partial charge >= 0.3 is 0 Å². The van der Waals surface area contributed by atoms with Crippen LogP contribution in [0.1, 0.15) is 26.2 Å². The van der Waals surface area contributed by atoms with Crippen molar-refractivity contribution < 1.29 is 4.79 Å². The fourth-order valence-electron chi connectivity index (χ4n) is 1.28. The summed E-state index contributed by atoms with van der Waals surface area (Å²) in [6, 6.07) is 0. The van der Waals surface area contributed by atoms with Gasteiger partial charge in [0.15, 0.2) is 0 Å². The standard InChI is InChI=1S/C10H23N3O/c1-3-4-7-13(9-6-11)8-5-10(14)12-2/h3-9,11H2,1-2H3,(H,12,14). The molecule has 14 heavy (non-hydrogen) atoms. The van der Waals surface area contributed by atoms with Gasteiger partial charge in [0.1, 0.15) is 0 Å². The quantitative estimate of drug-likeness (QED) is 0.589. The summed E-state index contributed by atoms with van der Waals surface area (Å²) in [6.07, 6.45) is 2.93. The van der Waals surface area contributed by atoms with Crippen molar-refractivity contribution in [3.05, 3.63) is 0 Å². The maximum Gasteiger partial charge on any atom is 0.221 e. The topological polar surface area (TPSA) is 58.4 Å². The van der Waals surface area contributed by atoms with E-state index in [9.17, 15) is 4.79 Å². The van der Waals surface area contributed by atoms with E-state index in [0.717, 1.165) is 19.6 Å². The fraction of sp³-hybridized carbons (Fsp3) is 0.900. The molecule has 0 radical (unpaired) electrons. The third-order valence-corrected chi connectivity index (χ3v) is 2.21. The zero-order valence-corrected chi connectivity index (χ0v) is 9.38. The highest BCUT2D eigenvalue weighted by atomic mass is 16.1. The normalized spacial score (nSPS) is 10.6. The van der Waals surface area contributed by atoms with Crippen molar-refractivity contribution in [2.45, 2.75) is 26.2 Å². The summed E-state index contributed by atoms with van der Waals surface area (Å²) >= 11 is 0. The number of rotatable bonds is 8. The molecule has 1 amide bonds. The van der Waals surface area contributed by atoms with Gasteiger partial charge in [-0.1, -0.05) is 13.3 Å². The number of carbonyl (C=O) groups is 1. The van der Waals surface area contributed by atoms with Crippen molar-refractivity contribution >= 4 is 5.91 Å². The molecule has 0 bridgehead atoms. The lowest BCUT2D eigenvalue weighted by atomic mass is 10.3. The van der Waals surface area contributed by atoms with Crippen molar-refractivity contribution in [2.75, 3.05) is 33.2 Å². The molecule has 0 atom stereocenters. The Morgan fingerprint density at radius 2 is 2.07 bits per heavy atom. The van der Waals surface area contributed by atoms with Crippen molar-refractivity contribution in [1.82, 2.24) is 10.2 Å². The predicted molar refractivity (Wildman–Crippen MR) is 59.1 cm³/mol. The molecule has 0 heterocycles. The first-order chi connectivity index (χ1) is 6.74. The average Bonchev–Trinajstić information content (AvgIpc) is 2.21. The van der Waals surface area contributed by atoms with E-state index in [0.29, 0.717) is 13.0 Å². The first-order valence-corrected chi connectivity index (χ1v) is 5.37. The number of hydrogen-bond acceptors (Lipinski definition) is 3. The third-order valence-electron chi connectivity index (χ3n) is 2.21. The van der Waals surface area contributed by atoms with Crippen LogP contribution in [0.3, 0.4) is 0 Å².